The molecule has 0 amide bonds. The van der Waals surface area contributed by atoms with Crippen LogP contribution >= 0.6 is 0 Å². The molecule has 2 N–H and O–H groups in total. The fourth-order valence-corrected chi connectivity index (χ4v) is 1.76. The van der Waals surface area contributed by atoms with Crippen LogP contribution < -0.4 is 5.73 Å². The molecule has 1 atom stereocenters. The Morgan fingerprint density at radius 2 is 1.83 bits per heavy atom. The zero-order valence-electron chi connectivity index (χ0n) is 9.61. The lowest BCUT2D eigenvalue weighted by Gasteiger charge is -2.13. The van der Waals surface area contributed by atoms with Gasteiger partial charge in [0.05, 0.1) is 11.2 Å². The van der Waals surface area contributed by atoms with E-state index in [0.29, 0.717) is 5.69 Å². The zero-order valence-corrected chi connectivity index (χ0v) is 9.61. The standard InChI is InChI=1S/C13H13F3N2/c14-13(15,16)8-7-10(17)12-6-5-9-3-1-2-4-11(9)18-12/h1-6,10H,7-8,17H2/t10-/m1/s1. The number of pyridine rings is 1. The normalized spacial score (nSPS) is 13.8. The molecular formula is C13H13F3N2. The van der Waals surface area contributed by atoms with Crippen molar-refractivity contribution in [3.63, 3.8) is 0 Å². The van der Waals surface area contributed by atoms with Crippen molar-refractivity contribution < 1.29 is 13.2 Å². The molecule has 0 bridgehead atoms. The zero-order chi connectivity index (χ0) is 13.2. The van der Waals surface area contributed by atoms with Crippen LogP contribution in [0.4, 0.5) is 13.2 Å². The van der Waals surface area contributed by atoms with E-state index in [0.717, 1.165) is 10.9 Å². The Hall–Kier alpha value is -1.62. The van der Waals surface area contributed by atoms with E-state index >= 15 is 0 Å². The van der Waals surface area contributed by atoms with Crippen LogP contribution in [0.2, 0.25) is 0 Å². The second kappa shape index (κ2) is 4.94. The largest absolute Gasteiger partial charge is 0.389 e. The topological polar surface area (TPSA) is 38.9 Å². The highest BCUT2D eigenvalue weighted by atomic mass is 19.4. The number of rotatable bonds is 3. The van der Waals surface area contributed by atoms with Crippen molar-refractivity contribution in [3.05, 3.63) is 42.1 Å². The molecule has 0 aliphatic rings. The molecule has 2 rings (SSSR count). The Kier molecular flexibility index (Phi) is 3.52. The highest BCUT2D eigenvalue weighted by Crippen LogP contribution is 2.26. The van der Waals surface area contributed by atoms with Gasteiger partial charge in [-0.1, -0.05) is 24.3 Å². The predicted molar refractivity (Wildman–Crippen MR) is 64.0 cm³/mol. The summed E-state index contributed by atoms with van der Waals surface area (Å²) in [6.07, 6.45) is -5.20. The smallest absolute Gasteiger partial charge is 0.323 e. The van der Waals surface area contributed by atoms with Gasteiger partial charge in [-0.05, 0) is 18.6 Å². The molecule has 18 heavy (non-hydrogen) atoms. The van der Waals surface area contributed by atoms with Crippen LogP contribution in [0.3, 0.4) is 0 Å². The maximum atomic E-state index is 12.1. The summed E-state index contributed by atoms with van der Waals surface area (Å²) in [5, 5.41) is 0.948. The molecule has 0 unspecified atom stereocenters. The molecule has 0 saturated carbocycles. The number of hydrogen-bond donors (Lipinski definition) is 1. The van der Waals surface area contributed by atoms with Crippen LogP contribution in [0.25, 0.3) is 10.9 Å². The van der Waals surface area contributed by atoms with E-state index in [2.05, 4.69) is 4.98 Å². The number of benzene rings is 1. The lowest BCUT2D eigenvalue weighted by Crippen LogP contribution is -2.16. The molecule has 0 aliphatic heterocycles. The average Bonchev–Trinajstić information content (AvgIpc) is 2.34. The van der Waals surface area contributed by atoms with Gasteiger partial charge in [0.1, 0.15) is 0 Å². The number of nitrogens with zero attached hydrogens (tertiary/aromatic N) is 1. The molecule has 1 heterocycles. The Balaban J connectivity index is 2.15. The third-order valence-corrected chi connectivity index (χ3v) is 2.74. The first-order valence-electron chi connectivity index (χ1n) is 5.64. The minimum atomic E-state index is -4.17. The molecule has 1 aromatic heterocycles. The molecule has 96 valence electrons. The van der Waals surface area contributed by atoms with Crippen molar-refractivity contribution in [2.75, 3.05) is 0 Å². The van der Waals surface area contributed by atoms with Gasteiger partial charge in [-0.3, -0.25) is 4.98 Å². The van der Waals surface area contributed by atoms with Crippen molar-refractivity contribution in [1.82, 2.24) is 4.98 Å². The minimum Gasteiger partial charge on any atom is -0.323 e. The highest BCUT2D eigenvalue weighted by molar-refractivity contribution is 5.78. The predicted octanol–water partition coefficient (Wildman–Crippen LogP) is 3.58. The van der Waals surface area contributed by atoms with E-state index in [1.807, 2.05) is 30.3 Å². The molecule has 2 nitrogen and oxygen atoms in total. The first kappa shape index (κ1) is 12.8. The Labute approximate surface area is 103 Å². The number of nitrogens with two attached hydrogens (primary N) is 1. The third kappa shape index (κ3) is 3.20. The fraction of sp³-hybridized carbons (Fsp3) is 0.308. The van der Waals surface area contributed by atoms with Gasteiger partial charge in [-0.15, -0.1) is 0 Å². The Morgan fingerprint density at radius 3 is 2.56 bits per heavy atom. The second-order valence-corrected chi connectivity index (χ2v) is 4.19. The minimum absolute atomic E-state index is 0.144. The van der Waals surface area contributed by atoms with E-state index in [9.17, 15) is 13.2 Å². The van der Waals surface area contributed by atoms with E-state index in [1.165, 1.54) is 0 Å². The molecule has 0 spiro atoms. The number of para-hydroxylation sites is 1. The maximum absolute atomic E-state index is 12.1. The van der Waals surface area contributed by atoms with Crippen LogP contribution in [0.5, 0.6) is 0 Å². The molecule has 0 radical (unpaired) electrons. The monoisotopic (exact) mass is 254 g/mol. The summed E-state index contributed by atoms with van der Waals surface area (Å²) in [6.45, 7) is 0. The van der Waals surface area contributed by atoms with E-state index in [1.54, 1.807) is 6.07 Å². The van der Waals surface area contributed by atoms with Crippen molar-refractivity contribution in [3.8, 4) is 0 Å². The average molecular weight is 254 g/mol. The second-order valence-electron chi connectivity index (χ2n) is 4.19. The lowest BCUT2D eigenvalue weighted by molar-refractivity contribution is -0.136. The summed E-state index contributed by atoms with van der Waals surface area (Å²) in [5.74, 6) is 0. The molecular weight excluding hydrogens is 241 g/mol. The van der Waals surface area contributed by atoms with Crippen LogP contribution in [0.15, 0.2) is 36.4 Å². The number of hydrogen-bond acceptors (Lipinski definition) is 2. The maximum Gasteiger partial charge on any atom is 0.389 e. The molecule has 2 aromatic rings. The lowest BCUT2D eigenvalue weighted by atomic mass is 10.1. The van der Waals surface area contributed by atoms with Crippen molar-refractivity contribution in [2.24, 2.45) is 5.73 Å². The summed E-state index contributed by atoms with van der Waals surface area (Å²) >= 11 is 0. The molecule has 5 heteroatoms. The van der Waals surface area contributed by atoms with Crippen molar-refractivity contribution >= 4 is 10.9 Å². The summed E-state index contributed by atoms with van der Waals surface area (Å²) in [4.78, 5) is 4.28. The van der Waals surface area contributed by atoms with Gasteiger partial charge in [0.2, 0.25) is 0 Å². The van der Waals surface area contributed by atoms with E-state index < -0.39 is 18.6 Å². The van der Waals surface area contributed by atoms with Gasteiger partial charge >= 0.3 is 6.18 Å². The van der Waals surface area contributed by atoms with E-state index in [-0.39, 0.29) is 6.42 Å². The quantitative estimate of drug-likeness (QED) is 0.909. The molecule has 0 saturated heterocycles. The SMILES string of the molecule is N[C@H](CCC(F)(F)F)c1ccc2ccccc2n1. The first-order valence-corrected chi connectivity index (χ1v) is 5.64. The number of aromatic nitrogens is 1. The Bertz CT molecular complexity index is 537. The summed E-state index contributed by atoms with van der Waals surface area (Å²) in [5.41, 5.74) is 6.98. The van der Waals surface area contributed by atoms with Gasteiger partial charge in [0.25, 0.3) is 0 Å². The molecule has 0 fully saturated rings. The summed E-state index contributed by atoms with van der Waals surface area (Å²) < 4.78 is 36.3. The van der Waals surface area contributed by atoms with Crippen LogP contribution in [0, 0.1) is 0 Å². The molecule has 1 aromatic carbocycles. The van der Waals surface area contributed by atoms with Crippen LogP contribution in [-0.2, 0) is 0 Å². The number of halogens is 3. The van der Waals surface area contributed by atoms with Crippen molar-refractivity contribution in [2.45, 2.75) is 25.1 Å². The van der Waals surface area contributed by atoms with Crippen molar-refractivity contribution in [1.29, 1.82) is 0 Å². The van der Waals surface area contributed by atoms with Gasteiger partial charge in [-0.2, -0.15) is 13.2 Å². The fourth-order valence-electron chi connectivity index (χ4n) is 1.76. The van der Waals surface area contributed by atoms with Gasteiger partial charge in [0.15, 0.2) is 0 Å². The van der Waals surface area contributed by atoms with Gasteiger partial charge in [-0.25, -0.2) is 0 Å². The summed E-state index contributed by atoms with van der Waals surface area (Å²) in [7, 11) is 0. The van der Waals surface area contributed by atoms with Gasteiger partial charge in [0, 0.05) is 17.8 Å². The number of alkyl halides is 3. The Morgan fingerprint density at radius 1 is 1.11 bits per heavy atom. The highest BCUT2D eigenvalue weighted by Gasteiger charge is 2.28. The third-order valence-electron chi connectivity index (χ3n) is 2.74. The summed E-state index contributed by atoms with van der Waals surface area (Å²) in [6, 6.07) is 10.3. The van der Waals surface area contributed by atoms with Gasteiger partial charge < -0.3 is 5.73 Å². The van der Waals surface area contributed by atoms with Crippen LogP contribution in [-0.4, -0.2) is 11.2 Å². The van der Waals surface area contributed by atoms with Crippen LogP contribution in [0.1, 0.15) is 24.6 Å². The number of fused-ring (bicyclic) bond motifs is 1. The first-order chi connectivity index (χ1) is 8.46. The van der Waals surface area contributed by atoms with E-state index in [4.69, 9.17) is 5.73 Å². The molecule has 0 aliphatic carbocycles.